The van der Waals surface area contributed by atoms with E-state index in [0.717, 1.165) is 5.56 Å². The maximum absolute atomic E-state index is 14.2. The minimum absolute atomic E-state index is 0.164. The van der Waals surface area contributed by atoms with Crippen LogP contribution in [0.4, 0.5) is 0 Å². The van der Waals surface area contributed by atoms with Gasteiger partial charge in [-0.1, -0.05) is 55.3 Å². The largest absolute Gasteiger partial charge is 0.342 e. The minimum Gasteiger partial charge on any atom is -0.342 e. The van der Waals surface area contributed by atoms with E-state index in [9.17, 15) is 9.59 Å². The smallest absolute Gasteiger partial charge is 0.266 e. The molecular formula is C31H30N6O2. The molecule has 1 aliphatic rings. The van der Waals surface area contributed by atoms with Crippen molar-refractivity contribution in [2.24, 2.45) is 5.92 Å². The number of nitrogens with one attached hydrogen (secondary N) is 1. The second kappa shape index (κ2) is 10.3. The number of fused-ring (bicyclic) bond motifs is 2. The molecule has 39 heavy (non-hydrogen) atoms. The summed E-state index contributed by atoms with van der Waals surface area (Å²) in [6.45, 7) is 3.62. The lowest BCUT2D eigenvalue weighted by Crippen LogP contribution is -2.33. The van der Waals surface area contributed by atoms with E-state index >= 15 is 0 Å². The number of carbonyl (C=O) groups is 1. The Labute approximate surface area is 226 Å². The molecule has 3 aromatic heterocycles. The Morgan fingerprint density at radius 2 is 1.87 bits per heavy atom. The first-order chi connectivity index (χ1) is 19.0. The van der Waals surface area contributed by atoms with Gasteiger partial charge < -0.3 is 5.32 Å². The van der Waals surface area contributed by atoms with Crippen LogP contribution < -0.4 is 10.9 Å². The number of allylic oxidation sites excluding steroid dienone is 1. The van der Waals surface area contributed by atoms with Gasteiger partial charge in [0.1, 0.15) is 11.4 Å². The van der Waals surface area contributed by atoms with E-state index in [2.05, 4.69) is 27.6 Å². The van der Waals surface area contributed by atoms with E-state index in [4.69, 9.17) is 4.98 Å². The van der Waals surface area contributed by atoms with Crippen molar-refractivity contribution >= 4 is 28.5 Å². The summed E-state index contributed by atoms with van der Waals surface area (Å²) >= 11 is 0. The van der Waals surface area contributed by atoms with Gasteiger partial charge in [0, 0.05) is 12.4 Å². The molecule has 6 rings (SSSR count). The van der Waals surface area contributed by atoms with E-state index in [1.165, 1.54) is 25.7 Å². The number of hydrogen-bond acceptors (Lipinski definition) is 5. The van der Waals surface area contributed by atoms with Gasteiger partial charge in [0.2, 0.25) is 0 Å². The number of hydrogen-bond donors (Lipinski definition) is 1. The summed E-state index contributed by atoms with van der Waals surface area (Å²) in [6.07, 6.45) is 12.6. The van der Waals surface area contributed by atoms with Crippen LogP contribution in [0, 0.1) is 12.8 Å². The number of carbonyl (C=O) groups excluding carboxylic acids is 1. The zero-order chi connectivity index (χ0) is 26.9. The molecule has 3 heterocycles. The summed E-state index contributed by atoms with van der Waals surface area (Å²) < 4.78 is 3.20. The molecule has 5 aromatic rings. The first kappa shape index (κ1) is 24.7. The van der Waals surface area contributed by atoms with Gasteiger partial charge in [0.25, 0.3) is 11.5 Å². The van der Waals surface area contributed by atoms with E-state index in [0.29, 0.717) is 45.2 Å². The van der Waals surface area contributed by atoms with Crippen molar-refractivity contribution in [2.75, 3.05) is 0 Å². The second-order valence-electron chi connectivity index (χ2n) is 10.1. The van der Waals surface area contributed by atoms with Crippen LogP contribution in [0.1, 0.15) is 66.1 Å². The van der Waals surface area contributed by atoms with Crippen molar-refractivity contribution in [3.05, 3.63) is 106 Å². The van der Waals surface area contributed by atoms with E-state index < -0.39 is 6.04 Å². The predicted octanol–water partition coefficient (Wildman–Crippen LogP) is 5.43. The average molecular weight is 519 g/mol. The zero-order valence-corrected chi connectivity index (χ0v) is 22.0. The molecule has 8 heteroatoms. The number of aryl methyl sites for hydroxylation is 1. The molecule has 0 unspecified atom stereocenters. The van der Waals surface area contributed by atoms with Gasteiger partial charge in [-0.15, -0.1) is 0 Å². The molecule has 1 fully saturated rings. The number of benzene rings is 2. The SMILES string of the molecule is Cc1nn2cccnc2c1C(=O)N[C@H](C)c1nc2cccc(/C=C/C3CCCC3)c2c(=O)n1-c1ccccc1. The van der Waals surface area contributed by atoms with Crippen LogP contribution in [0.5, 0.6) is 0 Å². The number of amides is 1. The van der Waals surface area contributed by atoms with Crippen LogP contribution >= 0.6 is 0 Å². The quantitative estimate of drug-likeness (QED) is 0.323. The fraction of sp³-hybridized carbons (Fsp3) is 0.258. The van der Waals surface area contributed by atoms with Crippen molar-refractivity contribution in [1.82, 2.24) is 29.5 Å². The summed E-state index contributed by atoms with van der Waals surface area (Å²) in [5.74, 6) is 0.680. The maximum Gasteiger partial charge on any atom is 0.266 e. The van der Waals surface area contributed by atoms with Crippen LogP contribution in [-0.2, 0) is 0 Å². The predicted molar refractivity (Wildman–Crippen MR) is 152 cm³/mol. The molecule has 0 aliphatic heterocycles. The highest BCUT2D eigenvalue weighted by atomic mass is 16.2. The summed E-state index contributed by atoms with van der Waals surface area (Å²) in [4.78, 5) is 36.9. The maximum atomic E-state index is 14.2. The number of rotatable bonds is 6. The molecule has 2 aromatic carbocycles. The van der Waals surface area contributed by atoms with Crippen LogP contribution in [0.25, 0.3) is 28.3 Å². The van der Waals surface area contributed by atoms with Crippen molar-refractivity contribution in [3.8, 4) is 5.69 Å². The van der Waals surface area contributed by atoms with Gasteiger partial charge in [-0.3, -0.25) is 14.2 Å². The third-order valence-electron chi connectivity index (χ3n) is 7.45. The van der Waals surface area contributed by atoms with Gasteiger partial charge in [-0.05, 0) is 62.4 Å². The van der Waals surface area contributed by atoms with Gasteiger partial charge in [-0.25, -0.2) is 14.5 Å². The molecule has 1 saturated carbocycles. The Morgan fingerprint density at radius 3 is 2.67 bits per heavy atom. The fourth-order valence-electron chi connectivity index (χ4n) is 5.51. The van der Waals surface area contributed by atoms with Crippen molar-refractivity contribution in [2.45, 2.75) is 45.6 Å². The van der Waals surface area contributed by atoms with Crippen LogP contribution in [0.3, 0.4) is 0 Å². The zero-order valence-electron chi connectivity index (χ0n) is 22.0. The highest BCUT2D eigenvalue weighted by Crippen LogP contribution is 2.28. The van der Waals surface area contributed by atoms with Gasteiger partial charge in [0.05, 0.1) is 28.3 Å². The highest BCUT2D eigenvalue weighted by Gasteiger charge is 2.24. The van der Waals surface area contributed by atoms with Crippen LogP contribution in [0.2, 0.25) is 0 Å². The van der Waals surface area contributed by atoms with Crippen molar-refractivity contribution < 1.29 is 4.79 Å². The Hall–Kier alpha value is -4.59. The lowest BCUT2D eigenvalue weighted by molar-refractivity contribution is 0.0938. The fourth-order valence-corrected chi connectivity index (χ4v) is 5.51. The first-order valence-electron chi connectivity index (χ1n) is 13.4. The highest BCUT2D eigenvalue weighted by molar-refractivity contribution is 6.01. The monoisotopic (exact) mass is 518 g/mol. The normalized spacial score (nSPS) is 14.9. The Morgan fingerprint density at radius 1 is 1.08 bits per heavy atom. The average Bonchev–Trinajstić information content (AvgIpc) is 3.59. The molecule has 8 nitrogen and oxygen atoms in total. The molecule has 1 aliphatic carbocycles. The minimum atomic E-state index is -0.578. The molecule has 0 radical (unpaired) electrons. The van der Waals surface area contributed by atoms with Gasteiger partial charge >= 0.3 is 0 Å². The van der Waals surface area contributed by atoms with E-state index in [1.807, 2.05) is 55.5 Å². The van der Waals surface area contributed by atoms with Gasteiger partial charge in [0.15, 0.2) is 5.65 Å². The molecule has 0 bridgehead atoms. The summed E-state index contributed by atoms with van der Waals surface area (Å²) in [6, 6.07) is 16.4. The van der Waals surface area contributed by atoms with Gasteiger partial charge in [-0.2, -0.15) is 5.10 Å². The molecule has 1 N–H and O–H groups in total. The Balaban J connectivity index is 1.45. The molecule has 0 spiro atoms. The molecule has 196 valence electrons. The lowest BCUT2D eigenvalue weighted by atomic mass is 10.0. The van der Waals surface area contributed by atoms with Crippen LogP contribution in [-0.4, -0.2) is 30.1 Å². The van der Waals surface area contributed by atoms with E-state index in [-0.39, 0.29) is 11.5 Å². The van der Waals surface area contributed by atoms with E-state index in [1.54, 1.807) is 34.5 Å². The summed E-state index contributed by atoms with van der Waals surface area (Å²) in [5.41, 5.74) is 3.44. The topological polar surface area (TPSA) is 94.2 Å². The molecule has 1 amide bonds. The van der Waals surface area contributed by atoms with Crippen LogP contribution in [0.15, 0.2) is 77.9 Å². The van der Waals surface area contributed by atoms with Crippen molar-refractivity contribution in [1.29, 1.82) is 0 Å². The third kappa shape index (κ3) is 4.63. The number of aromatic nitrogens is 5. The Kier molecular flexibility index (Phi) is 6.52. The molecule has 1 atom stereocenters. The number of para-hydroxylation sites is 1. The summed E-state index contributed by atoms with van der Waals surface area (Å²) in [5, 5.41) is 8.02. The third-order valence-corrected chi connectivity index (χ3v) is 7.45. The second-order valence-corrected chi connectivity index (χ2v) is 10.1. The lowest BCUT2D eigenvalue weighted by Gasteiger charge is -2.20. The first-order valence-corrected chi connectivity index (χ1v) is 13.4. The molecule has 0 saturated heterocycles. The van der Waals surface area contributed by atoms with Crippen molar-refractivity contribution in [3.63, 3.8) is 0 Å². The standard InChI is InChI=1S/C31H30N6O2/c1-20-26(29-32-18-9-19-36(29)35-20)30(38)33-21(2)28-34-25-15-8-12-23(17-16-22-10-6-7-11-22)27(25)31(39)37(28)24-13-4-3-5-14-24/h3-5,8-9,12-19,21-22H,6-7,10-11H2,1-2H3,(H,33,38)/b17-16+/t21-/m1/s1. The summed E-state index contributed by atoms with van der Waals surface area (Å²) in [7, 11) is 0. The number of nitrogens with zero attached hydrogens (tertiary/aromatic N) is 5. The molecular weight excluding hydrogens is 488 g/mol. The Bertz CT molecular complexity index is 1760.